The van der Waals surface area contributed by atoms with Crippen molar-refractivity contribution in [2.45, 2.75) is 0 Å². The van der Waals surface area contributed by atoms with E-state index in [1.54, 1.807) is 0 Å². The molecule has 0 fully saturated rings. The number of benzene rings is 3. The van der Waals surface area contributed by atoms with Crippen molar-refractivity contribution < 1.29 is 0 Å². The molecule has 3 aromatic carbocycles. The van der Waals surface area contributed by atoms with Crippen LogP contribution < -0.4 is 4.90 Å². The molecule has 0 aromatic heterocycles. The minimum Gasteiger partial charge on any atom is -0.372 e. The number of nitrogens with zero attached hydrogens (tertiary/aromatic N) is 2. The molecule has 4 rings (SSSR count). The zero-order valence-electron chi connectivity index (χ0n) is 16.1. The Morgan fingerprint density at radius 1 is 0.714 bits per heavy atom. The Bertz CT molecular complexity index is 1030. The second-order valence-corrected chi connectivity index (χ2v) is 6.91. The SMILES string of the molecule is CN1CCN=C(/C=C/c2ccccc2C=Cc2ccccc2)c2ccccc21. The molecular formula is C26H24N2. The second kappa shape index (κ2) is 8.53. The number of para-hydroxylation sites is 1. The van der Waals surface area contributed by atoms with Crippen LogP contribution in [0.4, 0.5) is 5.69 Å². The first kappa shape index (κ1) is 18.0. The van der Waals surface area contributed by atoms with Gasteiger partial charge in [-0.05, 0) is 28.8 Å². The molecule has 0 atom stereocenters. The van der Waals surface area contributed by atoms with E-state index in [0.29, 0.717) is 0 Å². The Morgan fingerprint density at radius 2 is 1.36 bits per heavy atom. The van der Waals surface area contributed by atoms with Gasteiger partial charge in [0.25, 0.3) is 0 Å². The molecule has 1 heterocycles. The number of aliphatic imine (C=N–C) groups is 1. The summed E-state index contributed by atoms with van der Waals surface area (Å²) in [6.07, 6.45) is 8.64. The van der Waals surface area contributed by atoms with Crippen molar-refractivity contribution in [3.8, 4) is 0 Å². The third-order valence-corrected chi connectivity index (χ3v) is 4.98. The highest BCUT2D eigenvalue weighted by Gasteiger charge is 2.13. The van der Waals surface area contributed by atoms with Gasteiger partial charge in [0.1, 0.15) is 0 Å². The largest absolute Gasteiger partial charge is 0.372 e. The van der Waals surface area contributed by atoms with Crippen molar-refractivity contribution in [1.29, 1.82) is 0 Å². The van der Waals surface area contributed by atoms with Crippen LogP contribution >= 0.6 is 0 Å². The normalized spacial score (nSPS) is 14.2. The van der Waals surface area contributed by atoms with Crippen LogP contribution in [0.25, 0.3) is 18.2 Å². The number of fused-ring (bicyclic) bond motifs is 1. The molecule has 2 nitrogen and oxygen atoms in total. The van der Waals surface area contributed by atoms with E-state index >= 15 is 0 Å². The van der Waals surface area contributed by atoms with Gasteiger partial charge in [-0.3, -0.25) is 4.99 Å². The van der Waals surface area contributed by atoms with Crippen LogP contribution in [0, 0.1) is 0 Å². The summed E-state index contributed by atoms with van der Waals surface area (Å²) in [4.78, 5) is 7.10. The number of hydrogen-bond donors (Lipinski definition) is 0. The Morgan fingerprint density at radius 3 is 2.14 bits per heavy atom. The molecule has 1 aliphatic heterocycles. The first-order chi connectivity index (χ1) is 13.8. The molecule has 138 valence electrons. The molecule has 0 unspecified atom stereocenters. The van der Waals surface area contributed by atoms with E-state index in [2.05, 4.69) is 109 Å². The van der Waals surface area contributed by atoms with Crippen molar-refractivity contribution in [2.24, 2.45) is 4.99 Å². The van der Waals surface area contributed by atoms with Gasteiger partial charge in [-0.2, -0.15) is 0 Å². The third kappa shape index (κ3) is 4.12. The van der Waals surface area contributed by atoms with Crippen molar-refractivity contribution in [3.05, 3.63) is 107 Å². The Labute approximate surface area is 167 Å². The van der Waals surface area contributed by atoms with Gasteiger partial charge < -0.3 is 4.90 Å². The van der Waals surface area contributed by atoms with Gasteiger partial charge in [-0.1, -0.05) is 91.0 Å². The molecule has 0 saturated carbocycles. The van der Waals surface area contributed by atoms with Crippen molar-refractivity contribution in [2.75, 3.05) is 25.0 Å². The van der Waals surface area contributed by atoms with Crippen molar-refractivity contribution >= 4 is 29.6 Å². The number of hydrogen-bond acceptors (Lipinski definition) is 2. The van der Waals surface area contributed by atoms with Gasteiger partial charge in [0.2, 0.25) is 0 Å². The smallest absolute Gasteiger partial charge is 0.0668 e. The fraction of sp³-hybridized carbons (Fsp3) is 0.115. The average molecular weight is 364 g/mol. The van der Waals surface area contributed by atoms with Crippen LogP contribution in [0.2, 0.25) is 0 Å². The summed E-state index contributed by atoms with van der Waals surface area (Å²) >= 11 is 0. The first-order valence-corrected chi connectivity index (χ1v) is 9.66. The van der Waals surface area contributed by atoms with E-state index in [9.17, 15) is 0 Å². The average Bonchev–Trinajstić information content (AvgIpc) is 2.91. The highest BCUT2D eigenvalue weighted by atomic mass is 15.1. The minimum atomic E-state index is 0.806. The van der Waals surface area contributed by atoms with Crippen LogP contribution in [0.3, 0.4) is 0 Å². The summed E-state index contributed by atoms with van der Waals surface area (Å²) in [7, 11) is 2.13. The summed E-state index contributed by atoms with van der Waals surface area (Å²) in [5.41, 5.74) is 7.06. The van der Waals surface area contributed by atoms with E-state index in [1.807, 2.05) is 6.07 Å². The summed E-state index contributed by atoms with van der Waals surface area (Å²) in [5, 5.41) is 0. The zero-order chi connectivity index (χ0) is 19.2. The van der Waals surface area contributed by atoms with Gasteiger partial charge >= 0.3 is 0 Å². The number of likely N-dealkylation sites (N-methyl/N-ethyl adjacent to an activating group) is 1. The molecule has 28 heavy (non-hydrogen) atoms. The molecule has 0 saturated heterocycles. The standard InChI is InChI=1S/C26H24N2/c1-28-20-19-27-25(24-13-7-8-14-26(24)28)18-17-23-12-6-5-11-22(23)16-15-21-9-3-2-4-10-21/h2-18H,19-20H2,1H3/b16-15?,18-17+. The Balaban J connectivity index is 1.63. The number of allylic oxidation sites excluding steroid dienone is 1. The molecule has 3 aromatic rings. The summed E-state index contributed by atoms with van der Waals surface area (Å²) < 4.78 is 0. The predicted molar refractivity (Wildman–Crippen MR) is 122 cm³/mol. The zero-order valence-corrected chi connectivity index (χ0v) is 16.1. The quantitative estimate of drug-likeness (QED) is 0.534. The van der Waals surface area contributed by atoms with Gasteiger partial charge in [-0.15, -0.1) is 0 Å². The molecular weight excluding hydrogens is 340 g/mol. The second-order valence-electron chi connectivity index (χ2n) is 6.91. The van der Waals surface area contributed by atoms with Gasteiger partial charge in [0.15, 0.2) is 0 Å². The maximum Gasteiger partial charge on any atom is 0.0668 e. The molecule has 0 radical (unpaired) electrons. The molecule has 0 amide bonds. The van der Waals surface area contributed by atoms with Crippen LogP contribution in [0.1, 0.15) is 22.3 Å². The molecule has 2 heteroatoms. The monoisotopic (exact) mass is 364 g/mol. The van der Waals surface area contributed by atoms with E-state index in [1.165, 1.54) is 27.9 Å². The van der Waals surface area contributed by atoms with Crippen molar-refractivity contribution in [3.63, 3.8) is 0 Å². The molecule has 0 bridgehead atoms. The fourth-order valence-electron chi connectivity index (χ4n) is 3.42. The predicted octanol–water partition coefficient (Wildman–Crippen LogP) is 5.81. The topological polar surface area (TPSA) is 15.6 Å². The Hall–Kier alpha value is -3.39. The lowest BCUT2D eigenvalue weighted by molar-refractivity contribution is 0.897. The first-order valence-electron chi connectivity index (χ1n) is 9.66. The number of anilines is 1. The highest BCUT2D eigenvalue weighted by molar-refractivity contribution is 6.14. The van der Waals surface area contributed by atoms with E-state index in [4.69, 9.17) is 4.99 Å². The molecule has 0 spiro atoms. The van der Waals surface area contributed by atoms with E-state index in [-0.39, 0.29) is 0 Å². The fourth-order valence-corrected chi connectivity index (χ4v) is 3.42. The maximum atomic E-state index is 4.82. The van der Waals surface area contributed by atoms with Gasteiger partial charge in [0, 0.05) is 24.8 Å². The van der Waals surface area contributed by atoms with Crippen molar-refractivity contribution in [1.82, 2.24) is 0 Å². The molecule has 0 N–H and O–H groups in total. The van der Waals surface area contributed by atoms with Gasteiger partial charge in [-0.25, -0.2) is 0 Å². The lowest BCUT2D eigenvalue weighted by atomic mass is 10.0. The molecule has 0 aliphatic carbocycles. The molecule has 1 aliphatic rings. The number of benzodiazepines with no additional fused rings is 1. The van der Waals surface area contributed by atoms with Crippen LogP contribution in [0.5, 0.6) is 0 Å². The van der Waals surface area contributed by atoms with Crippen LogP contribution in [-0.2, 0) is 0 Å². The maximum absolute atomic E-state index is 4.82. The lowest BCUT2D eigenvalue weighted by Crippen LogP contribution is -2.20. The highest BCUT2D eigenvalue weighted by Crippen LogP contribution is 2.23. The number of rotatable bonds is 4. The van der Waals surface area contributed by atoms with Crippen LogP contribution in [0.15, 0.2) is 89.9 Å². The lowest BCUT2D eigenvalue weighted by Gasteiger charge is -2.18. The third-order valence-electron chi connectivity index (χ3n) is 4.98. The summed E-state index contributed by atoms with van der Waals surface area (Å²) in [6, 6.07) is 27.3. The Kier molecular flexibility index (Phi) is 5.48. The summed E-state index contributed by atoms with van der Waals surface area (Å²) in [6.45, 7) is 1.74. The van der Waals surface area contributed by atoms with Crippen LogP contribution in [-0.4, -0.2) is 25.8 Å². The van der Waals surface area contributed by atoms with E-state index in [0.717, 1.165) is 18.8 Å². The van der Waals surface area contributed by atoms with Gasteiger partial charge in [0.05, 0.1) is 12.3 Å². The summed E-state index contributed by atoms with van der Waals surface area (Å²) in [5.74, 6) is 0. The minimum absolute atomic E-state index is 0.806. The van der Waals surface area contributed by atoms with E-state index < -0.39 is 0 Å².